The van der Waals surface area contributed by atoms with Crippen molar-refractivity contribution in [2.75, 3.05) is 50.3 Å². The quantitative estimate of drug-likeness (QED) is 0.0431. The van der Waals surface area contributed by atoms with Gasteiger partial charge < -0.3 is 14.4 Å². The van der Waals surface area contributed by atoms with E-state index in [-0.39, 0.29) is 25.6 Å². The van der Waals surface area contributed by atoms with Crippen LogP contribution in [0.5, 0.6) is 11.5 Å². The van der Waals surface area contributed by atoms with Crippen LogP contribution in [0.1, 0.15) is 30.9 Å². The molecule has 0 saturated heterocycles. The second-order valence-electron chi connectivity index (χ2n) is 12.0. The number of anilines is 1. The van der Waals surface area contributed by atoms with Crippen LogP contribution in [-0.4, -0.2) is 73.5 Å². The molecule has 11 nitrogen and oxygen atoms in total. The normalized spacial score (nSPS) is 11.7. The maximum Gasteiger partial charge on any atom is 0.264 e. The molecular formula is C39H44ClN3O8S3. The first-order chi connectivity index (χ1) is 25.5. The van der Waals surface area contributed by atoms with Gasteiger partial charge >= 0.3 is 0 Å². The molecule has 54 heavy (non-hydrogen) atoms. The fourth-order valence-corrected chi connectivity index (χ4v) is 6.91. The van der Waals surface area contributed by atoms with Gasteiger partial charge in [-0.2, -0.15) is 16.8 Å². The summed E-state index contributed by atoms with van der Waals surface area (Å²) in [5.74, 6) is 1.37. The molecular weight excluding hydrogens is 770 g/mol. The lowest BCUT2D eigenvalue weighted by Crippen LogP contribution is -2.27. The Morgan fingerprint density at radius 1 is 0.759 bits per heavy atom. The Kier molecular flexibility index (Phi) is 16.0. The molecule has 4 aromatic carbocycles. The van der Waals surface area contributed by atoms with Crippen molar-refractivity contribution in [1.82, 2.24) is 4.98 Å². The number of benzene rings is 4. The summed E-state index contributed by atoms with van der Waals surface area (Å²) in [7, 11) is -7.05. The molecule has 0 amide bonds. The number of aromatic nitrogens is 1. The lowest BCUT2D eigenvalue weighted by Gasteiger charge is -2.25. The molecule has 0 saturated carbocycles. The Balaban J connectivity index is 0.00000650. The van der Waals surface area contributed by atoms with Crippen LogP contribution in [0.3, 0.4) is 0 Å². The van der Waals surface area contributed by atoms with E-state index in [1.165, 1.54) is 0 Å². The van der Waals surface area contributed by atoms with Crippen molar-refractivity contribution in [2.24, 2.45) is 4.99 Å². The number of rotatable bonds is 20. The average molecular weight is 814 g/mol. The van der Waals surface area contributed by atoms with Gasteiger partial charge in [-0.3, -0.25) is 13.4 Å². The van der Waals surface area contributed by atoms with Crippen LogP contribution in [0, 0.1) is 0 Å². The van der Waals surface area contributed by atoms with Crippen molar-refractivity contribution in [1.29, 1.82) is 0 Å². The Morgan fingerprint density at radius 3 is 2.00 bits per heavy atom. The number of thiazole rings is 1. The van der Waals surface area contributed by atoms with Gasteiger partial charge in [0.1, 0.15) is 11.6 Å². The van der Waals surface area contributed by atoms with E-state index in [1.807, 2.05) is 114 Å². The van der Waals surface area contributed by atoms with Gasteiger partial charge in [0.25, 0.3) is 20.2 Å². The molecule has 0 aliphatic carbocycles. The molecule has 288 valence electrons. The molecule has 0 spiro atoms. The Morgan fingerprint density at radius 2 is 1.39 bits per heavy atom. The minimum absolute atomic E-state index is 0. The smallest absolute Gasteiger partial charge is 0.264 e. The van der Waals surface area contributed by atoms with Crippen molar-refractivity contribution >= 4 is 61.6 Å². The van der Waals surface area contributed by atoms with Gasteiger partial charge in [0.15, 0.2) is 11.5 Å². The van der Waals surface area contributed by atoms with Gasteiger partial charge in [0.2, 0.25) is 0 Å². The van der Waals surface area contributed by atoms with Gasteiger partial charge in [0, 0.05) is 41.5 Å². The Hall–Kier alpha value is -4.31. The van der Waals surface area contributed by atoms with Gasteiger partial charge in [0.05, 0.1) is 43.7 Å². The lowest BCUT2D eigenvalue weighted by molar-refractivity contribution is 0.269. The van der Waals surface area contributed by atoms with Crippen LogP contribution in [0.15, 0.2) is 107 Å². The van der Waals surface area contributed by atoms with Gasteiger partial charge in [-0.1, -0.05) is 54.6 Å². The van der Waals surface area contributed by atoms with Crippen molar-refractivity contribution in [3.8, 4) is 33.3 Å². The van der Waals surface area contributed by atoms with Crippen LogP contribution in [0.4, 0.5) is 11.4 Å². The molecule has 0 atom stereocenters. The molecule has 1 aromatic heterocycles. The van der Waals surface area contributed by atoms with Gasteiger partial charge in [-0.25, -0.2) is 4.98 Å². The Bertz CT molecular complexity index is 2120. The molecule has 5 aromatic rings. The highest BCUT2D eigenvalue weighted by molar-refractivity contribution is 7.86. The molecule has 0 unspecified atom stereocenters. The number of aliphatic imine (C=N–C) groups is 1. The number of nitrogens with zero attached hydrogens (tertiary/aromatic N) is 3. The third kappa shape index (κ3) is 13.8. The minimum Gasteiger partial charge on any atom is -0.490 e. The predicted octanol–water partition coefficient (Wildman–Crippen LogP) is 8.17. The molecule has 0 radical (unpaired) electrons. The van der Waals surface area contributed by atoms with Crippen LogP contribution in [-0.2, 0) is 35.2 Å². The summed E-state index contributed by atoms with van der Waals surface area (Å²) in [6.45, 7) is 4.06. The topological polar surface area (TPSA) is 134 Å². The first-order valence-electron chi connectivity index (χ1n) is 17.0. The van der Waals surface area contributed by atoms with Crippen LogP contribution in [0.2, 0.25) is 0 Å². The molecule has 5 rings (SSSR count). The monoisotopic (exact) mass is 813 g/mol. The summed E-state index contributed by atoms with van der Waals surface area (Å²) in [5.41, 5.74) is 6.47. The molecule has 0 aliphatic heterocycles. The zero-order valence-electron chi connectivity index (χ0n) is 30.3. The number of ether oxygens (including phenoxy) is 2. The highest BCUT2D eigenvalue weighted by Gasteiger charge is 2.13. The van der Waals surface area contributed by atoms with E-state index in [0.717, 1.165) is 56.8 Å². The summed E-state index contributed by atoms with van der Waals surface area (Å²) in [6.07, 6.45) is 4.75. The van der Waals surface area contributed by atoms with E-state index in [2.05, 4.69) is 4.99 Å². The van der Waals surface area contributed by atoms with Crippen LogP contribution >= 0.6 is 23.7 Å². The molecule has 0 bridgehead atoms. The first-order valence-corrected chi connectivity index (χ1v) is 21.5. The second-order valence-corrected chi connectivity index (χ2v) is 16.2. The minimum atomic E-state index is -3.53. The van der Waals surface area contributed by atoms with Crippen molar-refractivity contribution in [3.63, 3.8) is 0 Å². The van der Waals surface area contributed by atoms with E-state index in [0.29, 0.717) is 50.6 Å². The zero-order valence-corrected chi connectivity index (χ0v) is 33.6. The van der Waals surface area contributed by atoms with Crippen molar-refractivity contribution in [3.05, 3.63) is 114 Å². The molecule has 15 heteroatoms. The van der Waals surface area contributed by atoms with E-state index in [1.54, 1.807) is 17.6 Å². The van der Waals surface area contributed by atoms with E-state index < -0.39 is 20.2 Å². The zero-order chi connectivity index (χ0) is 37.7. The summed E-state index contributed by atoms with van der Waals surface area (Å²) in [5, 5.41) is 2.92. The summed E-state index contributed by atoms with van der Waals surface area (Å²) in [6, 6.07) is 31.6. The van der Waals surface area contributed by atoms with Crippen LogP contribution < -0.4 is 14.4 Å². The Labute approximate surface area is 328 Å². The summed E-state index contributed by atoms with van der Waals surface area (Å²) in [4.78, 5) is 11.6. The fraction of sp³-hybridized carbons (Fsp3) is 0.282. The van der Waals surface area contributed by atoms with E-state index >= 15 is 0 Å². The van der Waals surface area contributed by atoms with Gasteiger partial charge in [-0.05, 0) is 73.4 Å². The largest absolute Gasteiger partial charge is 0.490 e. The highest BCUT2D eigenvalue weighted by Crippen LogP contribution is 2.36. The second kappa shape index (κ2) is 20.4. The molecule has 0 fully saturated rings. The van der Waals surface area contributed by atoms with Crippen molar-refractivity contribution < 1.29 is 34.7 Å². The SMILES string of the molecule is CCOc1cc(-c2nc(-c3ccc(N=Cc4ccc(N(CCCOS(C)(=O)=O)CCCOS(C)(=O)=O)cc4)cc3)cs2)ccc1OCc1ccccc1.Cl. The average Bonchev–Trinajstić information content (AvgIpc) is 3.64. The standard InChI is InChI=1S/C39H43N3O8S3.ClH/c1-4-47-38-26-33(16-21-37(38)48-28-31-10-6-5-7-11-31)39-41-36(29-51-39)32-14-17-34(18-15-32)40-27-30-12-19-35(20-13-30)42(22-8-24-49-52(2,43)44)23-9-25-50-53(3,45)46;/h5-7,10-21,26-27,29H,4,8-9,22-25,28H2,1-3H3;1H. The maximum atomic E-state index is 11.3. The summed E-state index contributed by atoms with van der Waals surface area (Å²) >= 11 is 1.57. The number of hydrogen-bond donors (Lipinski definition) is 0. The van der Waals surface area contributed by atoms with Gasteiger partial charge in [-0.15, -0.1) is 23.7 Å². The lowest BCUT2D eigenvalue weighted by atomic mass is 10.1. The number of hydrogen-bond acceptors (Lipinski definition) is 12. The van der Waals surface area contributed by atoms with E-state index in [4.69, 9.17) is 22.8 Å². The predicted molar refractivity (Wildman–Crippen MR) is 219 cm³/mol. The first kappa shape index (κ1) is 42.4. The fourth-order valence-electron chi connectivity index (χ4n) is 5.24. The third-order valence-electron chi connectivity index (χ3n) is 7.76. The number of halogens is 1. The summed E-state index contributed by atoms with van der Waals surface area (Å²) < 4.78 is 67.1. The van der Waals surface area contributed by atoms with Crippen molar-refractivity contribution in [2.45, 2.75) is 26.4 Å². The molecule has 0 N–H and O–H groups in total. The molecule has 1 heterocycles. The maximum absolute atomic E-state index is 11.3. The van der Waals surface area contributed by atoms with Crippen LogP contribution in [0.25, 0.3) is 21.8 Å². The third-order valence-corrected chi connectivity index (χ3v) is 9.84. The molecule has 0 aliphatic rings. The van der Waals surface area contributed by atoms with E-state index in [9.17, 15) is 16.8 Å². The highest BCUT2D eigenvalue weighted by atomic mass is 35.5.